The van der Waals surface area contributed by atoms with Gasteiger partial charge in [0.05, 0.1) is 17.3 Å². The Kier molecular flexibility index (Phi) is 4.12. The first-order chi connectivity index (χ1) is 11.1. The molecule has 0 aliphatic carbocycles. The van der Waals surface area contributed by atoms with E-state index in [4.69, 9.17) is 4.74 Å². The minimum absolute atomic E-state index is 0.00967. The van der Waals surface area contributed by atoms with Crippen molar-refractivity contribution in [3.63, 3.8) is 0 Å². The number of thiazole rings is 1. The number of methoxy groups -OCH3 is 1. The van der Waals surface area contributed by atoms with Crippen LogP contribution in [0.25, 0.3) is 16.3 Å². The summed E-state index contributed by atoms with van der Waals surface area (Å²) in [5.74, 6) is 0.643. The maximum atomic E-state index is 12.2. The van der Waals surface area contributed by atoms with Crippen LogP contribution in [0.4, 0.5) is 0 Å². The lowest BCUT2D eigenvalue weighted by molar-refractivity contribution is 0.104. The van der Waals surface area contributed by atoms with Gasteiger partial charge in [-0.15, -0.1) is 0 Å². The standard InChI is InChI=1S/C18H15NO3S/c1-19-15-9-3-12(11-17(15)23-18(19)21)4-10-16(20)13-5-7-14(22-2)8-6-13/h3-11H,1-2H3/b10-4+. The van der Waals surface area contributed by atoms with Gasteiger partial charge in [-0.3, -0.25) is 9.59 Å². The van der Waals surface area contributed by atoms with Crippen LogP contribution in [0.3, 0.4) is 0 Å². The summed E-state index contributed by atoms with van der Waals surface area (Å²) in [7, 11) is 3.34. The predicted molar refractivity (Wildman–Crippen MR) is 93.4 cm³/mol. The van der Waals surface area contributed by atoms with Crippen LogP contribution in [0.2, 0.25) is 0 Å². The van der Waals surface area contributed by atoms with Crippen molar-refractivity contribution < 1.29 is 9.53 Å². The molecule has 1 aromatic heterocycles. The van der Waals surface area contributed by atoms with Crippen LogP contribution in [0, 0.1) is 0 Å². The van der Waals surface area contributed by atoms with Gasteiger partial charge in [0, 0.05) is 12.6 Å². The van der Waals surface area contributed by atoms with Gasteiger partial charge < -0.3 is 9.30 Å². The summed E-state index contributed by atoms with van der Waals surface area (Å²) in [6, 6.07) is 12.7. The summed E-state index contributed by atoms with van der Waals surface area (Å²) in [6.45, 7) is 0. The van der Waals surface area contributed by atoms with E-state index in [1.54, 1.807) is 49.1 Å². The number of nitrogens with zero attached hydrogens (tertiary/aromatic N) is 1. The van der Waals surface area contributed by atoms with Gasteiger partial charge in [0.15, 0.2) is 5.78 Å². The van der Waals surface area contributed by atoms with Crippen molar-refractivity contribution in [2.24, 2.45) is 7.05 Å². The monoisotopic (exact) mass is 325 g/mol. The minimum atomic E-state index is -0.0750. The zero-order valence-electron chi connectivity index (χ0n) is 12.8. The Balaban J connectivity index is 1.83. The molecule has 5 heteroatoms. The van der Waals surface area contributed by atoms with Gasteiger partial charge in [-0.1, -0.05) is 23.5 Å². The largest absolute Gasteiger partial charge is 0.497 e. The molecule has 0 atom stereocenters. The zero-order valence-corrected chi connectivity index (χ0v) is 13.6. The van der Waals surface area contributed by atoms with Crippen molar-refractivity contribution in [3.8, 4) is 5.75 Å². The second-order valence-electron chi connectivity index (χ2n) is 5.08. The fraction of sp³-hybridized carbons (Fsp3) is 0.111. The van der Waals surface area contributed by atoms with Gasteiger partial charge in [0.1, 0.15) is 5.75 Å². The number of carbonyl (C=O) groups is 1. The highest BCUT2D eigenvalue weighted by Crippen LogP contribution is 2.19. The summed E-state index contributed by atoms with van der Waals surface area (Å²) < 4.78 is 7.61. The molecule has 23 heavy (non-hydrogen) atoms. The van der Waals surface area contributed by atoms with Crippen LogP contribution >= 0.6 is 11.3 Å². The topological polar surface area (TPSA) is 48.3 Å². The van der Waals surface area contributed by atoms with Gasteiger partial charge in [-0.2, -0.15) is 0 Å². The number of ketones is 1. The Morgan fingerprint density at radius 1 is 1.17 bits per heavy atom. The van der Waals surface area contributed by atoms with Crippen LogP contribution in [-0.2, 0) is 7.05 Å². The number of rotatable bonds is 4. The van der Waals surface area contributed by atoms with Crippen molar-refractivity contribution in [2.45, 2.75) is 0 Å². The molecule has 0 N–H and O–H groups in total. The van der Waals surface area contributed by atoms with Crippen molar-refractivity contribution in [1.29, 1.82) is 0 Å². The molecular weight excluding hydrogens is 310 g/mol. The summed E-state index contributed by atoms with van der Waals surface area (Å²) in [5, 5.41) is 0. The zero-order chi connectivity index (χ0) is 16.4. The first-order valence-corrected chi connectivity index (χ1v) is 7.86. The minimum Gasteiger partial charge on any atom is -0.497 e. The molecule has 0 aliphatic rings. The first-order valence-electron chi connectivity index (χ1n) is 7.04. The second kappa shape index (κ2) is 6.22. The number of aromatic nitrogens is 1. The maximum Gasteiger partial charge on any atom is 0.307 e. The van der Waals surface area contributed by atoms with E-state index < -0.39 is 0 Å². The van der Waals surface area contributed by atoms with Gasteiger partial charge in [-0.25, -0.2) is 0 Å². The highest BCUT2D eigenvalue weighted by molar-refractivity contribution is 7.16. The van der Waals surface area contributed by atoms with E-state index in [1.807, 2.05) is 18.2 Å². The van der Waals surface area contributed by atoms with E-state index >= 15 is 0 Å². The lowest BCUT2D eigenvalue weighted by Crippen LogP contribution is -2.06. The van der Waals surface area contributed by atoms with E-state index in [1.165, 1.54) is 17.4 Å². The average Bonchev–Trinajstić information content (AvgIpc) is 2.86. The highest BCUT2D eigenvalue weighted by atomic mass is 32.1. The van der Waals surface area contributed by atoms with Crippen LogP contribution in [0.15, 0.2) is 53.3 Å². The smallest absolute Gasteiger partial charge is 0.307 e. The van der Waals surface area contributed by atoms with Crippen LogP contribution in [0.5, 0.6) is 5.75 Å². The van der Waals surface area contributed by atoms with E-state index in [0.717, 1.165) is 21.5 Å². The van der Waals surface area contributed by atoms with Gasteiger partial charge in [-0.05, 0) is 48.0 Å². The number of carbonyl (C=O) groups excluding carboxylic acids is 1. The molecule has 4 nitrogen and oxygen atoms in total. The number of benzene rings is 2. The molecule has 0 aliphatic heterocycles. The second-order valence-corrected chi connectivity index (χ2v) is 6.07. The molecule has 116 valence electrons. The number of hydrogen-bond acceptors (Lipinski definition) is 4. The summed E-state index contributed by atoms with van der Waals surface area (Å²) in [6.07, 6.45) is 3.30. The van der Waals surface area contributed by atoms with Crippen molar-refractivity contribution in [2.75, 3.05) is 7.11 Å². The molecular formula is C18H15NO3S. The quantitative estimate of drug-likeness (QED) is 0.545. The molecule has 0 unspecified atom stereocenters. The summed E-state index contributed by atoms with van der Waals surface area (Å²) in [5.41, 5.74) is 2.40. The van der Waals surface area contributed by atoms with E-state index in [9.17, 15) is 9.59 Å². The molecule has 0 radical (unpaired) electrons. The molecule has 3 aromatic rings. The highest BCUT2D eigenvalue weighted by Gasteiger charge is 2.05. The number of allylic oxidation sites excluding steroid dienone is 1. The van der Waals surface area contributed by atoms with Crippen molar-refractivity contribution in [1.82, 2.24) is 4.57 Å². The number of aryl methyl sites for hydroxylation is 1. The molecule has 1 heterocycles. The molecule has 0 fully saturated rings. The average molecular weight is 325 g/mol. The van der Waals surface area contributed by atoms with Crippen molar-refractivity contribution >= 4 is 33.4 Å². The lowest BCUT2D eigenvalue weighted by Gasteiger charge is -2.00. The molecule has 2 aromatic carbocycles. The SMILES string of the molecule is COc1ccc(C(=O)/C=C/c2ccc3c(c2)sc(=O)n3C)cc1. The third-order valence-corrected chi connectivity index (χ3v) is 4.61. The van der Waals surface area contributed by atoms with E-state index in [2.05, 4.69) is 0 Å². The fourth-order valence-corrected chi connectivity index (χ4v) is 3.21. The molecule has 0 spiro atoms. The lowest BCUT2D eigenvalue weighted by atomic mass is 10.1. The Morgan fingerprint density at radius 2 is 1.91 bits per heavy atom. The van der Waals surface area contributed by atoms with E-state index in [-0.39, 0.29) is 10.7 Å². The maximum absolute atomic E-state index is 12.2. The number of fused-ring (bicyclic) bond motifs is 1. The van der Waals surface area contributed by atoms with Crippen LogP contribution in [-0.4, -0.2) is 17.5 Å². The number of hydrogen-bond donors (Lipinski definition) is 0. The molecule has 0 saturated heterocycles. The Labute approximate surface area is 137 Å². The van der Waals surface area contributed by atoms with Crippen molar-refractivity contribution in [3.05, 3.63) is 69.3 Å². The molecule has 0 saturated carbocycles. The first kappa shape index (κ1) is 15.2. The Bertz CT molecular complexity index is 949. The molecule has 0 bridgehead atoms. The third kappa shape index (κ3) is 3.10. The fourth-order valence-electron chi connectivity index (χ4n) is 2.28. The Morgan fingerprint density at radius 3 is 2.61 bits per heavy atom. The summed E-state index contributed by atoms with van der Waals surface area (Å²) in [4.78, 5) is 23.8. The summed E-state index contributed by atoms with van der Waals surface area (Å²) >= 11 is 1.20. The van der Waals surface area contributed by atoms with Gasteiger partial charge in [0.25, 0.3) is 0 Å². The third-order valence-electron chi connectivity index (χ3n) is 3.62. The van der Waals surface area contributed by atoms with Crippen LogP contribution < -0.4 is 9.61 Å². The normalized spacial score (nSPS) is 11.2. The van der Waals surface area contributed by atoms with Gasteiger partial charge in [0.2, 0.25) is 0 Å². The molecule has 3 rings (SSSR count). The van der Waals surface area contributed by atoms with E-state index in [0.29, 0.717) is 5.56 Å². The predicted octanol–water partition coefficient (Wildman–Crippen LogP) is 3.50. The number of ether oxygens (including phenoxy) is 1. The van der Waals surface area contributed by atoms with Crippen LogP contribution in [0.1, 0.15) is 15.9 Å². The molecule has 0 amide bonds. The Hall–Kier alpha value is -2.66. The van der Waals surface area contributed by atoms with Gasteiger partial charge >= 0.3 is 4.87 Å².